The molecule has 0 radical (unpaired) electrons. The molecule has 1 heterocycles. The monoisotopic (exact) mass is 205 g/mol. The van der Waals surface area contributed by atoms with Gasteiger partial charge in [-0.25, -0.2) is 0 Å². The van der Waals surface area contributed by atoms with Crippen LogP contribution in [-0.2, 0) is 0 Å². The van der Waals surface area contributed by atoms with Crippen molar-refractivity contribution in [1.82, 2.24) is 4.98 Å². The van der Waals surface area contributed by atoms with Crippen molar-refractivity contribution in [2.24, 2.45) is 0 Å². The summed E-state index contributed by atoms with van der Waals surface area (Å²) in [4.78, 5) is 4.25. The van der Waals surface area contributed by atoms with E-state index < -0.39 is 0 Å². The van der Waals surface area contributed by atoms with Crippen molar-refractivity contribution in [1.29, 1.82) is 0 Å². The van der Waals surface area contributed by atoms with Crippen molar-refractivity contribution in [2.75, 3.05) is 6.26 Å². The predicted octanol–water partition coefficient (Wildman–Crippen LogP) is 3.34. The Kier molecular flexibility index (Phi) is 7.54. The summed E-state index contributed by atoms with van der Waals surface area (Å²) in [5.41, 5.74) is 0. The molecule has 0 spiro atoms. The quantitative estimate of drug-likeness (QED) is 0.574. The lowest BCUT2D eigenvalue weighted by molar-refractivity contribution is 0.655. The lowest BCUT2D eigenvalue weighted by Crippen LogP contribution is -1.80. The minimum absolute atomic E-state index is 0.356. The molecule has 1 aromatic heterocycles. The first-order valence-electron chi connectivity index (χ1n) is 3.67. The van der Waals surface area contributed by atoms with E-state index in [4.69, 9.17) is 4.55 Å². The van der Waals surface area contributed by atoms with Gasteiger partial charge >= 0.3 is 0 Å². The number of aromatic amines is 1. The van der Waals surface area contributed by atoms with Crippen molar-refractivity contribution < 1.29 is 4.55 Å². The molecule has 2 N–H and O–H groups in total. The first kappa shape index (κ1) is 11.9. The van der Waals surface area contributed by atoms with Gasteiger partial charge in [0.05, 0.1) is 0 Å². The second-order valence-electron chi connectivity index (χ2n) is 2.40. The van der Waals surface area contributed by atoms with Gasteiger partial charge in [0.25, 0.3) is 0 Å². The fourth-order valence-electron chi connectivity index (χ4n) is 0.436. The standard InChI is InChI=1S/C5H7NS.C3H8OS/c1-7-5-2-3-6-4-5;1-3(2)5-4/h2-4,6H,1H3;3-4H,1-2H3. The van der Waals surface area contributed by atoms with Gasteiger partial charge in [0.15, 0.2) is 0 Å². The molecule has 0 aliphatic carbocycles. The average molecular weight is 205 g/mol. The zero-order valence-electron chi connectivity index (χ0n) is 7.57. The number of thioether (sulfide) groups is 1. The molecule has 0 bridgehead atoms. The van der Waals surface area contributed by atoms with Crippen LogP contribution in [0.3, 0.4) is 0 Å². The number of aromatic nitrogens is 1. The predicted molar refractivity (Wildman–Crippen MR) is 57.9 cm³/mol. The molecule has 1 aromatic rings. The highest BCUT2D eigenvalue weighted by Gasteiger charge is 1.83. The van der Waals surface area contributed by atoms with Crippen molar-refractivity contribution in [3.63, 3.8) is 0 Å². The van der Waals surface area contributed by atoms with Crippen LogP contribution in [-0.4, -0.2) is 21.0 Å². The molecule has 0 saturated carbocycles. The van der Waals surface area contributed by atoms with Crippen LogP contribution >= 0.6 is 23.8 Å². The Bertz CT molecular complexity index is 175. The van der Waals surface area contributed by atoms with E-state index in [1.165, 1.54) is 4.90 Å². The summed E-state index contributed by atoms with van der Waals surface area (Å²) < 4.78 is 8.06. The smallest absolute Gasteiger partial charge is 0.0252 e. The van der Waals surface area contributed by atoms with E-state index in [1.807, 2.05) is 32.3 Å². The van der Waals surface area contributed by atoms with Crippen LogP contribution < -0.4 is 0 Å². The second-order valence-corrected chi connectivity index (χ2v) is 4.44. The molecule has 0 aliphatic heterocycles. The SMILES string of the molecule is CC(C)SO.CSc1cc[nH]c1. The van der Waals surface area contributed by atoms with Gasteiger partial charge in [0.1, 0.15) is 0 Å². The third kappa shape index (κ3) is 6.64. The van der Waals surface area contributed by atoms with E-state index in [-0.39, 0.29) is 0 Å². The third-order valence-electron chi connectivity index (χ3n) is 1.02. The van der Waals surface area contributed by atoms with Gasteiger partial charge in [-0.3, -0.25) is 0 Å². The van der Waals surface area contributed by atoms with E-state index in [1.54, 1.807) is 11.8 Å². The molecular formula is C8H15NOS2. The molecule has 1 rings (SSSR count). The van der Waals surface area contributed by atoms with Gasteiger partial charge in [-0.1, -0.05) is 13.8 Å². The van der Waals surface area contributed by atoms with Crippen LogP contribution in [0.15, 0.2) is 23.4 Å². The van der Waals surface area contributed by atoms with Crippen LogP contribution in [0.2, 0.25) is 0 Å². The van der Waals surface area contributed by atoms with Crippen molar-refractivity contribution in [2.45, 2.75) is 24.0 Å². The molecule has 0 atom stereocenters. The summed E-state index contributed by atoms with van der Waals surface area (Å²) in [6.07, 6.45) is 5.96. The highest BCUT2D eigenvalue weighted by atomic mass is 32.2. The molecule has 2 nitrogen and oxygen atoms in total. The summed E-state index contributed by atoms with van der Waals surface area (Å²) in [6.45, 7) is 3.87. The van der Waals surface area contributed by atoms with Crippen LogP contribution in [0.5, 0.6) is 0 Å². The van der Waals surface area contributed by atoms with Gasteiger partial charge in [-0.2, -0.15) is 0 Å². The Morgan fingerprint density at radius 2 is 2.08 bits per heavy atom. The largest absolute Gasteiger partial charge is 0.367 e. The van der Waals surface area contributed by atoms with Gasteiger partial charge in [0, 0.05) is 22.5 Å². The first-order chi connectivity index (χ1) is 5.70. The van der Waals surface area contributed by atoms with E-state index in [0.717, 1.165) is 12.0 Å². The zero-order chi connectivity index (χ0) is 9.40. The number of hydrogen-bond acceptors (Lipinski definition) is 3. The minimum Gasteiger partial charge on any atom is -0.367 e. The summed E-state index contributed by atoms with van der Waals surface area (Å²) in [5.74, 6) is 0. The van der Waals surface area contributed by atoms with Gasteiger partial charge < -0.3 is 9.54 Å². The molecule has 0 unspecified atom stereocenters. The first-order valence-corrected chi connectivity index (χ1v) is 5.73. The summed E-state index contributed by atoms with van der Waals surface area (Å²) in [5, 5.41) is 0.356. The molecule has 0 aliphatic rings. The maximum Gasteiger partial charge on any atom is 0.0252 e. The molecule has 0 aromatic carbocycles. The molecule has 0 saturated heterocycles. The number of H-pyrrole nitrogens is 1. The lowest BCUT2D eigenvalue weighted by Gasteiger charge is -1.88. The van der Waals surface area contributed by atoms with E-state index in [0.29, 0.717) is 5.25 Å². The second kappa shape index (κ2) is 7.58. The van der Waals surface area contributed by atoms with Crippen LogP contribution in [0.25, 0.3) is 0 Å². The van der Waals surface area contributed by atoms with Crippen LogP contribution in [0, 0.1) is 0 Å². The summed E-state index contributed by atoms with van der Waals surface area (Å²) >= 11 is 2.62. The Morgan fingerprint density at radius 1 is 1.50 bits per heavy atom. The van der Waals surface area contributed by atoms with Crippen LogP contribution in [0.1, 0.15) is 13.8 Å². The summed E-state index contributed by atoms with van der Waals surface area (Å²) in [6, 6.07) is 2.05. The number of nitrogens with one attached hydrogen (secondary N) is 1. The Balaban J connectivity index is 0.000000217. The molecule has 12 heavy (non-hydrogen) atoms. The van der Waals surface area contributed by atoms with Crippen molar-refractivity contribution >= 4 is 23.8 Å². The molecule has 4 heteroatoms. The summed E-state index contributed by atoms with van der Waals surface area (Å²) in [7, 11) is 0. The van der Waals surface area contributed by atoms with Gasteiger partial charge in [-0.05, 0) is 24.4 Å². The third-order valence-corrected chi connectivity index (χ3v) is 2.16. The molecule has 70 valence electrons. The van der Waals surface area contributed by atoms with Gasteiger partial charge in [-0.15, -0.1) is 11.8 Å². The minimum atomic E-state index is 0.356. The highest BCUT2D eigenvalue weighted by Crippen LogP contribution is 2.10. The lowest BCUT2D eigenvalue weighted by atomic mass is 10.6. The number of rotatable bonds is 2. The fourth-order valence-corrected chi connectivity index (χ4v) is 0.826. The van der Waals surface area contributed by atoms with E-state index >= 15 is 0 Å². The molecule has 0 fully saturated rings. The topological polar surface area (TPSA) is 36.0 Å². The fraction of sp³-hybridized carbons (Fsp3) is 0.500. The molecular weight excluding hydrogens is 190 g/mol. The Morgan fingerprint density at radius 3 is 2.25 bits per heavy atom. The molecule has 0 amide bonds. The zero-order valence-corrected chi connectivity index (χ0v) is 9.21. The highest BCUT2D eigenvalue weighted by molar-refractivity contribution is 7.98. The van der Waals surface area contributed by atoms with Crippen molar-refractivity contribution in [3.8, 4) is 0 Å². The Labute approximate surface area is 82.4 Å². The maximum atomic E-state index is 8.06. The van der Waals surface area contributed by atoms with E-state index in [2.05, 4.69) is 11.2 Å². The van der Waals surface area contributed by atoms with Crippen LogP contribution in [0.4, 0.5) is 0 Å². The average Bonchev–Trinajstić information content (AvgIpc) is 2.57. The maximum absolute atomic E-state index is 8.06. The Hall–Kier alpha value is -0.0600. The normalized spacial score (nSPS) is 9.42. The van der Waals surface area contributed by atoms with Crippen molar-refractivity contribution in [3.05, 3.63) is 18.5 Å². The van der Waals surface area contributed by atoms with E-state index in [9.17, 15) is 0 Å². The number of hydrogen-bond donors (Lipinski definition) is 2. The van der Waals surface area contributed by atoms with Gasteiger partial charge in [0.2, 0.25) is 0 Å².